The molecule has 0 aliphatic heterocycles. The number of halogens is 2. The quantitative estimate of drug-likeness (QED) is 0.719. The maximum absolute atomic E-state index is 13.2. The van der Waals surface area contributed by atoms with Gasteiger partial charge in [0.2, 0.25) is 11.8 Å². The molecule has 3 aromatic rings. The van der Waals surface area contributed by atoms with E-state index in [1.165, 1.54) is 23.9 Å². The standard InChI is InChI=1S/C14H11ClFN5OS/c1-7-19-13(17)21-14(20-7)23-6-12-18-5-11(22-12)8-2-3-10(16)9(15)4-8/h2-5H,6H2,1H3,(H2,17,19,20,21). The summed E-state index contributed by atoms with van der Waals surface area (Å²) in [6.45, 7) is 1.74. The fraction of sp³-hybridized carbons (Fsp3) is 0.143. The minimum absolute atomic E-state index is 0.0333. The van der Waals surface area contributed by atoms with E-state index >= 15 is 0 Å². The number of thioether (sulfide) groups is 1. The molecule has 0 radical (unpaired) electrons. The zero-order valence-electron chi connectivity index (χ0n) is 12.0. The van der Waals surface area contributed by atoms with E-state index < -0.39 is 5.82 Å². The van der Waals surface area contributed by atoms with E-state index in [4.69, 9.17) is 21.8 Å². The fourth-order valence-electron chi connectivity index (χ4n) is 1.83. The van der Waals surface area contributed by atoms with E-state index in [0.29, 0.717) is 33.9 Å². The number of rotatable bonds is 4. The van der Waals surface area contributed by atoms with Crippen molar-refractivity contribution in [3.8, 4) is 11.3 Å². The normalized spacial score (nSPS) is 10.9. The highest BCUT2D eigenvalue weighted by Crippen LogP contribution is 2.27. The Morgan fingerprint density at radius 2 is 2.13 bits per heavy atom. The van der Waals surface area contributed by atoms with Crippen molar-refractivity contribution < 1.29 is 8.81 Å². The number of aryl methyl sites for hydroxylation is 1. The predicted molar refractivity (Wildman–Crippen MR) is 85.4 cm³/mol. The maximum atomic E-state index is 13.2. The van der Waals surface area contributed by atoms with Crippen molar-refractivity contribution in [2.75, 3.05) is 5.73 Å². The monoisotopic (exact) mass is 351 g/mol. The third-order valence-electron chi connectivity index (χ3n) is 2.83. The molecule has 1 aromatic carbocycles. The van der Waals surface area contributed by atoms with Gasteiger partial charge in [-0.1, -0.05) is 23.4 Å². The molecular formula is C14H11ClFN5OS. The van der Waals surface area contributed by atoms with Crippen molar-refractivity contribution in [1.82, 2.24) is 19.9 Å². The maximum Gasteiger partial charge on any atom is 0.224 e. The molecule has 0 saturated carbocycles. The lowest BCUT2D eigenvalue weighted by molar-refractivity contribution is 0.529. The lowest BCUT2D eigenvalue weighted by Crippen LogP contribution is -2.01. The van der Waals surface area contributed by atoms with Gasteiger partial charge in [-0.25, -0.2) is 14.4 Å². The number of anilines is 1. The highest BCUT2D eigenvalue weighted by molar-refractivity contribution is 7.98. The van der Waals surface area contributed by atoms with Crippen LogP contribution in [0.3, 0.4) is 0 Å². The SMILES string of the molecule is Cc1nc(N)nc(SCc2ncc(-c3ccc(F)c(Cl)c3)o2)n1. The van der Waals surface area contributed by atoms with Crippen molar-refractivity contribution in [1.29, 1.82) is 0 Å². The molecule has 0 fully saturated rings. The van der Waals surface area contributed by atoms with Crippen LogP contribution in [0.2, 0.25) is 5.02 Å². The number of oxazole rings is 1. The Kier molecular flexibility index (Phi) is 4.44. The average molecular weight is 352 g/mol. The van der Waals surface area contributed by atoms with Gasteiger partial charge in [-0.15, -0.1) is 0 Å². The van der Waals surface area contributed by atoms with Gasteiger partial charge in [-0.05, 0) is 25.1 Å². The Labute approximate surface area is 140 Å². The van der Waals surface area contributed by atoms with E-state index in [0.717, 1.165) is 0 Å². The van der Waals surface area contributed by atoms with Crippen LogP contribution in [-0.2, 0) is 5.75 Å². The van der Waals surface area contributed by atoms with Gasteiger partial charge in [0.05, 0.1) is 17.0 Å². The first kappa shape index (κ1) is 15.7. The van der Waals surface area contributed by atoms with Crippen LogP contribution in [0.5, 0.6) is 0 Å². The summed E-state index contributed by atoms with van der Waals surface area (Å²) in [6, 6.07) is 4.35. The molecule has 2 heterocycles. The summed E-state index contributed by atoms with van der Waals surface area (Å²) in [5.41, 5.74) is 6.23. The van der Waals surface area contributed by atoms with Crippen molar-refractivity contribution in [2.24, 2.45) is 0 Å². The number of hydrogen-bond acceptors (Lipinski definition) is 7. The third-order valence-corrected chi connectivity index (χ3v) is 3.95. The Balaban J connectivity index is 1.73. The molecule has 0 unspecified atom stereocenters. The molecule has 2 N–H and O–H groups in total. The van der Waals surface area contributed by atoms with Crippen molar-refractivity contribution in [2.45, 2.75) is 17.8 Å². The number of nitrogens with zero attached hydrogens (tertiary/aromatic N) is 4. The summed E-state index contributed by atoms with van der Waals surface area (Å²) < 4.78 is 18.8. The van der Waals surface area contributed by atoms with E-state index in [-0.39, 0.29) is 11.0 Å². The number of hydrogen-bond donors (Lipinski definition) is 1. The lowest BCUT2D eigenvalue weighted by Gasteiger charge is -2.00. The number of aromatic nitrogens is 4. The van der Waals surface area contributed by atoms with Crippen molar-refractivity contribution >= 4 is 29.3 Å². The highest BCUT2D eigenvalue weighted by Gasteiger charge is 2.10. The van der Waals surface area contributed by atoms with Gasteiger partial charge in [-0.3, -0.25) is 0 Å². The molecule has 23 heavy (non-hydrogen) atoms. The van der Waals surface area contributed by atoms with Crippen LogP contribution in [0.4, 0.5) is 10.3 Å². The summed E-state index contributed by atoms with van der Waals surface area (Å²) in [5, 5.41) is 0.533. The van der Waals surface area contributed by atoms with E-state index in [9.17, 15) is 4.39 Å². The Morgan fingerprint density at radius 3 is 2.87 bits per heavy atom. The van der Waals surface area contributed by atoms with Crippen LogP contribution in [-0.4, -0.2) is 19.9 Å². The minimum atomic E-state index is -0.478. The molecule has 0 aliphatic rings. The van der Waals surface area contributed by atoms with Gasteiger partial charge in [0, 0.05) is 5.56 Å². The van der Waals surface area contributed by atoms with Crippen LogP contribution >= 0.6 is 23.4 Å². The van der Waals surface area contributed by atoms with Gasteiger partial charge in [0.15, 0.2) is 10.9 Å². The predicted octanol–water partition coefficient (Wildman–Crippen LogP) is 3.50. The second-order valence-corrected chi connectivity index (χ2v) is 5.91. The summed E-state index contributed by atoms with van der Waals surface area (Å²) in [5.74, 6) is 1.67. The van der Waals surface area contributed by atoms with Crippen molar-refractivity contribution in [3.05, 3.63) is 47.0 Å². The molecular weight excluding hydrogens is 341 g/mol. The van der Waals surface area contributed by atoms with Gasteiger partial charge in [0.25, 0.3) is 0 Å². The van der Waals surface area contributed by atoms with E-state index in [1.807, 2.05) is 0 Å². The van der Waals surface area contributed by atoms with Crippen LogP contribution in [0.15, 0.2) is 34.0 Å². The number of benzene rings is 1. The summed E-state index contributed by atoms with van der Waals surface area (Å²) in [6.07, 6.45) is 1.56. The molecule has 0 saturated heterocycles. The summed E-state index contributed by atoms with van der Waals surface area (Å²) >= 11 is 7.10. The van der Waals surface area contributed by atoms with Gasteiger partial charge in [-0.2, -0.15) is 9.97 Å². The first-order valence-electron chi connectivity index (χ1n) is 6.52. The Hall–Kier alpha value is -2.19. The molecule has 118 valence electrons. The molecule has 0 atom stereocenters. The van der Waals surface area contributed by atoms with Crippen molar-refractivity contribution in [3.63, 3.8) is 0 Å². The lowest BCUT2D eigenvalue weighted by atomic mass is 10.2. The molecule has 6 nitrogen and oxygen atoms in total. The molecule has 9 heteroatoms. The van der Waals surface area contributed by atoms with E-state index in [2.05, 4.69) is 19.9 Å². The molecule has 2 aromatic heterocycles. The van der Waals surface area contributed by atoms with Gasteiger partial charge in [0.1, 0.15) is 11.6 Å². The number of nitrogen functional groups attached to an aromatic ring is 1. The average Bonchev–Trinajstić information content (AvgIpc) is 2.96. The Morgan fingerprint density at radius 1 is 1.30 bits per heavy atom. The first-order valence-corrected chi connectivity index (χ1v) is 7.88. The van der Waals surface area contributed by atoms with Crippen LogP contribution in [0.25, 0.3) is 11.3 Å². The molecule has 3 rings (SSSR count). The minimum Gasteiger partial charge on any atom is -0.440 e. The Bertz CT molecular complexity index is 837. The summed E-state index contributed by atoms with van der Waals surface area (Å²) in [4.78, 5) is 16.3. The molecule has 0 aliphatic carbocycles. The zero-order chi connectivity index (χ0) is 16.4. The van der Waals surface area contributed by atoms with Gasteiger partial charge < -0.3 is 10.2 Å². The highest BCUT2D eigenvalue weighted by atomic mass is 35.5. The zero-order valence-corrected chi connectivity index (χ0v) is 13.5. The second kappa shape index (κ2) is 6.51. The summed E-state index contributed by atoms with van der Waals surface area (Å²) in [7, 11) is 0. The largest absolute Gasteiger partial charge is 0.440 e. The smallest absolute Gasteiger partial charge is 0.224 e. The molecule has 0 bridgehead atoms. The van der Waals surface area contributed by atoms with E-state index in [1.54, 1.807) is 19.2 Å². The molecule has 0 spiro atoms. The first-order chi connectivity index (χ1) is 11.0. The third kappa shape index (κ3) is 3.77. The topological polar surface area (TPSA) is 90.7 Å². The second-order valence-electron chi connectivity index (χ2n) is 4.56. The van der Waals surface area contributed by atoms with Crippen LogP contribution < -0.4 is 5.73 Å². The van der Waals surface area contributed by atoms with Crippen LogP contribution in [0.1, 0.15) is 11.7 Å². The van der Waals surface area contributed by atoms with Crippen LogP contribution in [0, 0.1) is 12.7 Å². The number of nitrogens with two attached hydrogens (primary N) is 1. The molecule has 0 amide bonds. The fourth-order valence-corrected chi connectivity index (χ4v) is 2.75. The van der Waals surface area contributed by atoms with Gasteiger partial charge >= 0.3 is 0 Å².